The van der Waals surface area contributed by atoms with Gasteiger partial charge in [-0.05, 0) is 44.9 Å². The summed E-state index contributed by atoms with van der Waals surface area (Å²) in [6.07, 6.45) is 42.7. The van der Waals surface area contributed by atoms with Crippen LogP contribution in [0, 0.1) is 0 Å². The van der Waals surface area contributed by atoms with Crippen LogP contribution in [0.1, 0.15) is 206 Å². The quantitative estimate of drug-likeness (QED) is 0.0239. The zero-order valence-corrected chi connectivity index (χ0v) is 35.8. The largest absolute Gasteiger partial charge is 0.472 e. The van der Waals surface area contributed by atoms with E-state index in [1.807, 2.05) is 0 Å². The number of aliphatic hydroxyl groups excluding tert-OH is 2. The van der Waals surface area contributed by atoms with Gasteiger partial charge in [0, 0.05) is 13.0 Å². The number of allylic oxidation sites excluding steroid dienone is 4. The molecule has 54 heavy (non-hydrogen) atoms. The van der Waals surface area contributed by atoms with Gasteiger partial charge < -0.3 is 24.6 Å². The number of hydrogen-bond donors (Lipinski definition) is 3. The highest BCUT2D eigenvalue weighted by atomic mass is 31.2. The van der Waals surface area contributed by atoms with E-state index in [1.54, 1.807) is 0 Å². The Bertz CT molecular complexity index is 897. The Labute approximate surface area is 332 Å². The van der Waals surface area contributed by atoms with E-state index in [1.165, 1.54) is 135 Å². The molecule has 0 saturated heterocycles. The molecule has 0 amide bonds. The first-order chi connectivity index (χ1) is 26.3. The van der Waals surface area contributed by atoms with E-state index >= 15 is 0 Å². The molecule has 0 aromatic rings. The van der Waals surface area contributed by atoms with Crippen LogP contribution in [0.25, 0.3) is 0 Å². The van der Waals surface area contributed by atoms with Crippen molar-refractivity contribution in [1.82, 2.24) is 0 Å². The molecule has 0 aromatic heterocycles. The van der Waals surface area contributed by atoms with Crippen molar-refractivity contribution >= 4 is 13.8 Å². The number of phosphoric acid groups is 1. The van der Waals surface area contributed by atoms with Gasteiger partial charge in [-0.2, -0.15) is 0 Å². The second kappa shape index (κ2) is 41.6. The molecule has 3 unspecified atom stereocenters. The summed E-state index contributed by atoms with van der Waals surface area (Å²) in [7, 11) is -4.51. The zero-order valence-electron chi connectivity index (χ0n) is 35.0. The highest BCUT2D eigenvalue weighted by Gasteiger charge is 2.26. The fourth-order valence-corrected chi connectivity index (χ4v) is 7.00. The van der Waals surface area contributed by atoms with Crippen LogP contribution >= 0.6 is 7.82 Å². The van der Waals surface area contributed by atoms with E-state index in [0.29, 0.717) is 6.61 Å². The molecule has 0 aliphatic rings. The van der Waals surface area contributed by atoms with Crippen molar-refractivity contribution in [1.29, 1.82) is 0 Å². The molecule has 3 atom stereocenters. The van der Waals surface area contributed by atoms with Crippen molar-refractivity contribution in [2.45, 2.75) is 219 Å². The number of unbranched alkanes of at least 4 members (excludes halogenated alkanes) is 25. The normalized spacial score (nSPS) is 14.2. The molecule has 0 spiro atoms. The molecule has 0 heterocycles. The first kappa shape index (κ1) is 52.9. The minimum Gasteiger partial charge on any atom is -0.457 e. The summed E-state index contributed by atoms with van der Waals surface area (Å²) < 4.78 is 33.4. The lowest BCUT2D eigenvalue weighted by atomic mass is 10.0. The molecule has 3 N–H and O–H groups in total. The van der Waals surface area contributed by atoms with Gasteiger partial charge in [-0.15, -0.1) is 0 Å². The third-order valence-corrected chi connectivity index (χ3v) is 10.6. The van der Waals surface area contributed by atoms with Crippen molar-refractivity contribution in [2.75, 3.05) is 33.0 Å². The number of rotatable bonds is 43. The number of carbonyl (C=O) groups is 1. The second-order valence-corrected chi connectivity index (χ2v) is 16.5. The maximum atomic E-state index is 12.6. The minimum absolute atomic E-state index is 0.0491. The van der Waals surface area contributed by atoms with Gasteiger partial charge in [0.2, 0.25) is 0 Å². The Hall–Kier alpha value is -1.06. The fourth-order valence-electron chi connectivity index (χ4n) is 6.21. The zero-order chi connectivity index (χ0) is 39.6. The molecular formula is C44H85O9P. The summed E-state index contributed by atoms with van der Waals surface area (Å²) in [6.45, 7) is 3.52. The van der Waals surface area contributed by atoms with Crippen LogP contribution in [-0.2, 0) is 27.9 Å². The SMILES string of the molecule is CCCCCC/C=C\C/C=C\CCCCCCCCCCOCC(COP(=O)(O)OCC(O)CO)OC(=O)CCCCCCCCCCCCCCCC. The van der Waals surface area contributed by atoms with E-state index in [0.717, 1.165) is 51.4 Å². The molecule has 0 rings (SSSR count). The van der Waals surface area contributed by atoms with Crippen LogP contribution in [-0.4, -0.2) is 66.3 Å². The van der Waals surface area contributed by atoms with Crippen LogP contribution < -0.4 is 0 Å². The highest BCUT2D eigenvalue weighted by molar-refractivity contribution is 7.47. The van der Waals surface area contributed by atoms with Crippen LogP contribution in [0.5, 0.6) is 0 Å². The van der Waals surface area contributed by atoms with Gasteiger partial charge >= 0.3 is 13.8 Å². The molecule has 9 nitrogen and oxygen atoms in total. The maximum Gasteiger partial charge on any atom is 0.472 e. The molecule has 0 radical (unpaired) electrons. The third kappa shape index (κ3) is 40.6. The van der Waals surface area contributed by atoms with Crippen LogP contribution in [0.2, 0.25) is 0 Å². The number of carbonyl (C=O) groups excluding carboxylic acids is 1. The number of aliphatic hydroxyl groups is 2. The Morgan fingerprint density at radius 2 is 1.00 bits per heavy atom. The highest BCUT2D eigenvalue weighted by Crippen LogP contribution is 2.43. The summed E-state index contributed by atoms with van der Waals surface area (Å²) in [4.78, 5) is 22.6. The third-order valence-electron chi connectivity index (χ3n) is 9.64. The monoisotopic (exact) mass is 789 g/mol. The van der Waals surface area contributed by atoms with E-state index in [2.05, 4.69) is 38.2 Å². The lowest BCUT2D eigenvalue weighted by molar-refractivity contribution is -0.154. The number of hydrogen-bond acceptors (Lipinski definition) is 8. The predicted octanol–water partition coefficient (Wildman–Crippen LogP) is 12.3. The summed E-state index contributed by atoms with van der Waals surface area (Å²) in [5.41, 5.74) is 0. The van der Waals surface area contributed by atoms with Crippen molar-refractivity contribution in [2.24, 2.45) is 0 Å². The molecule has 0 saturated carbocycles. The molecule has 0 bridgehead atoms. The number of ether oxygens (including phenoxy) is 2. The van der Waals surface area contributed by atoms with Crippen molar-refractivity contribution in [3.05, 3.63) is 24.3 Å². The predicted molar refractivity (Wildman–Crippen MR) is 224 cm³/mol. The summed E-state index contributed by atoms with van der Waals surface area (Å²) in [6, 6.07) is 0. The van der Waals surface area contributed by atoms with Crippen LogP contribution in [0.15, 0.2) is 24.3 Å². The van der Waals surface area contributed by atoms with Crippen LogP contribution in [0.3, 0.4) is 0 Å². The molecule has 0 fully saturated rings. The number of phosphoric ester groups is 1. The number of esters is 1. The van der Waals surface area contributed by atoms with Gasteiger partial charge in [-0.3, -0.25) is 13.8 Å². The van der Waals surface area contributed by atoms with E-state index in [-0.39, 0.29) is 25.6 Å². The van der Waals surface area contributed by atoms with Gasteiger partial charge in [-0.1, -0.05) is 179 Å². The Balaban J connectivity index is 4.13. The second-order valence-electron chi connectivity index (χ2n) is 15.1. The van der Waals surface area contributed by atoms with Gasteiger partial charge in [0.25, 0.3) is 0 Å². The van der Waals surface area contributed by atoms with Crippen molar-refractivity contribution in [3.63, 3.8) is 0 Å². The molecular weight excluding hydrogens is 703 g/mol. The molecule has 10 heteroatoms. The summed E-state index contributed by atoms with van der Waals surface area (Å²) in [5.74, 6) is -0.382. The first-order valence-corrected chi connectivity index (χ1v) is 23.8. The lowest BCUT2D eigenvalue weighted by Gasteiger charge is -2.20. The van der Waals surface area contributed by atoms with Gasteiger partial charge in [0.1, 0.15) is 12.2 Å². The Morgan fingerprint density at radius 3 is 1.50 bits per heavy atom. The Morgan fingerprint density at radius 1 is 0.574 bits per heavy atom. The van der Waals surface area contributed by atoms with Gasteiger partial charge in [0.15, 0.2) is 0 Å². The van der Waals surface area contributed by atoms with E-state index < -0.39 is 33.2 Å². The summed E-state index contributed by atoms with van der Waals surface area (Å²) in [5, 5.41) is 18.3. The average molecular weight is 789 g/mol. The minimum atomic E-state index is -4.51. The smallest absolute Gasteiger partial charge is 0.457 e. The van der Waals surface area contributed by atoms with E-state index in [9.17, 15) is 19.4 Å². The molecule has 0 aliphatic heterocycles. The van der Waals surface area contributed by atoms with Gasteiger partial charge in [0.05, 0.1) is 26.4 Å². The molecule has 0 aliphatic carbocycles. The molecule has 320 valence electrons. The first-order valence-electron chi connectivity index (χ1n) is 22.3. The van der Waals surface area contributed by atoms with Crippen molar-refractivity contribution < 1.29 is 43.0 Å². The average Bonchev–Trinajstić information content (AvgIpc) is 3.16. The van der Waals surface area contributed by atoms with Crippen LogP contribution in [0.4, 0.5) is 0 Å². The standard InChI is InChI=1S/C44H85O9P/c1-3-5-7-9-11-13-15-17-19-20-21-22-23-25-27-29-31-33-35-37-50-40-43(41-52-54(48,49)51-39-42(46)38-45)53-44(47)36-34-32-30-28-26-24-18-16-14-12-10-8-6-4-2/h13,15,19-20,42-43,45-46H,3-12,14,16-18,21-41H2,1-2H3,(H,48,49)/b15-13-,20-19-. The maximum absolute atomic E-state index is 12.6. The van der Waals surface area contributed by atoms with E-state index in [4.69, 9.17) is 23.6 Å². The van der Waals surface area contributed by atoms with Crippen molar-refractivity contribution in [3.8, 4) is 0 Å². The van der Waals surface area contributed by atoms with Gasteiger partial charge in [-0.25, -0.2) is 4.57 Å². The summed E-state index contributed by atoms with van der Waals surface area (Å²) >= 11 is 0. The molecule has 0 aromatic carbocycles. The Kier molecular flexibility index (Phi) is 40.8. The lowest BCUT2D eigenvalue weighted by Crippen LogP contribution is -2.29. The fraction of sp³-hybridized carbons (Fsp3) is 0.886. The topological polar surface area (TPSA) is 132 Å².